The third-order valence-corrected chi connectivity index (χ3v) is 9.07. The quantitative estimate of drug-likeness (QED) is 0.0632. The molecule has 0 saturated carbocycles. The van der Waals surface area contributed by atoms with Gasteiger partial charge in [0.2, 0.25) is 0 Å². The maximum Gasteiger partial charge on any atom is 0.343 e. The highest BCUT2D eigenvalue weighted by Gasteiger charge is 2.15. The Labute approximate surface area is 280 Å². The van der Waals surface area contributed by atoms with E-state index in [1.165, 1.54) is 128 Å². The van der Waals surface area contributed by atoms with E-state index in [1.807, 2.05) is 0 Å². The number of esters is 2. The molecule has 0 aliphatic carbocycles. The maximum atomic E-state index is 12.6. The topological polar surface area (TPSA) is 72.8 Å². The van der Waals surface area contributed by atoms with Crippen LogP contribution in [0.5, 0.6) is 11.5 Å². The predicted molar refractivity (Wildman–Crippen MR) is 191 cm³/mol. The standard InChI is InChI=1S/C41H64O5/c1-5-6-7-8-9-10-11-12-13-14-15-16-17-18-19-20-21-22-23-24-25-26-29-45-40(43)36-27-28-38(33(2)30-36)46-41(44)37-31-34(3)39(42)35(4)32-37/h27-28,30-32,42H,5-26,29H2,1-4H3. The van der Waals surface area contributed by atoms with E-state index in [1.54, 1.807) is 51.1 Å². The van der Waals surface area contributed by atoms with E-state index in [0.717, 1.165) is 12.8 Å². The Morgan fingerprint density at radius 2 is 0.913 bits per heavy atom. The molecule has 0 spiro atoms. The number of carbonyl (C=O) groups is 2. The molecule has 0 radical (unpaired) electrons. The molecule has 0 heterocycles. The molecule has 0 fully saturated rings. The summed E-state index contributed by atoms with van der Waals surface area (Å²) >= 11 is 0. The van der Waals surface area contributed by atoms with Gasteiger partial charge in [-0.25, -0.2) is 9.59 Å². The van der Waals surface area contributed by atoms with Crippen molar-refractivity contribution in [1.82, 2.24) is 0 Å². The zero-order valence-electron chi connectivity index (χ0n) is 29.7. The Bertz CT molecular complexity index is 1110. The number of benzene rings is 2. The van der Waals surface area contributed by atoms with Gasteiger partial charge < -0.3 is 14.6 Å². The fourth-order valence-corrected chi connectivity index (χ4v) is 6.08. The summed E-state index contributed by atoms with van der Waals surface area (Å²) in [5, 5.41) is 9.95. The highest BCUT2D eigenvalue weighted by molar-refractivity contribution is 5.93. The Balaban J connectivity index is 1.42. The van der Waals surface area contributed by atoms with Crippen LogP contribution in [0.15, 0.2) is 30.3 Å². The molecule has 0 bridgehead atoms. The molecule has 0 atom stereocenters. The van der Waals surface area contributed by atoms with Crippen LogP contribution >= 0.6 is 0 Å². The summed E-state index contributed by atoms with van der Waals surface area (Å²) in [6.07, 6.45) is 29.8. The molecule has 2 aromatic carbocycles. The lowest BCUT2D eigenvalue weighted by molar-refractivity contribution is 0.0497. The molecule has 1 N–H and O–H groups in total. The van der Waals surface area contributed by atoms with E-state index in [-0.39, 0.29) is 11.7 Å². The van der Waals surface area contributed by atoms with Crippen LogP contribution in [0, 0.1) is 20.8 Å². The summed E-state index contributed by atoms with van der Waals surface area (Å²) < 4.78 is 11.0. The van der Waals surface area contributed by atoms with E-state index in [9.17, 15) is 14.7 Å². The lowest BCUT2D eigenvalue weighted by Gasteiger charge is -2.11. The van der Waals surface area contributed by atoms with Gasteiger partial charge in [-0.05, 0) is 74.2 Å². The summed E-state index contributed by atoms with van der Waals surface area (Å²) in [7, 11) is 0. The van der Waals surface area contributed by atoms with Crippen molar-refractivity contribution in [1.29, 1.82) is 0 Å². The number of hydrogen-bond donors (Lipinski definition) is 1. The normalized spacial score (nSPS) is 11.1. The van der Waals surface area contributed by atoms with Gasteiger partial charge in [-0.1, -0.05) is 142 Å². The number of phenolic OH excluding ortho intramolecular Hbond substituents is 1. The van der Waals surface area contributed by atoms with Crippen molar-refractivity contribution >= 4 is 11.9 Å². The summed E-state index contributed by atoms with van der Waals surface area (Å²) in [5.74, 6) is -0.287. The van der Waals surface area contributed by atoms with E-state index in [2.05, 4.69) is 6.92 Å². The highest BCUT2D eigenvalue weighted by atomic mass is 16.5. The number of unbranched alkanes of at least 4 members (excludes halogenated alkanes) is 21. The molecule has 0 aliphatic rings. The van der Waals surface area contributed by atoms with Crippen molar-refractivity contribution in [3.8, 4) is 11.5 Å². The van der Waals surface area contributed by atoms with Gasteiger partial charge in [0.1, 0.15) is 11.5 Å². The Kier molecular flexibility index (Phi) is 20.8. The van der Waals surface area contributed by atoms with Crippen LogP contribution in [-0.4, -0.2) is 23.7 Å². The zero-order valence-corrected chi connectivity index (χ0v) is 29.7. The van der Waals surface area contributed by atoms with Crippen LogP contribution < -0.4 is 4.74 Å². The Hall–Kier alpha value is -2.82. The number of ether oxygens (including phenoxy) is 2. The van der Waals surface area contributed by atoms with Gasteiger partial charge in [0.05, 0.1) is 17.7 Å². The number of rotatable bonds is 26. The molecule has 258 valence electrons. The minimum Gasteiger partial charge on any atom is -0.507 e. The first-order valence-corrected chi connectivity index (χ1v) is 18.6. The smallest absolute Gasteiger partial charge is 0.343 e. The molecule has 2 aromatic rings. The first kappa shape index (κ1) is 39.4. The molecule has 0 aliphatic heterocycles. The van der Waals surface area contributed by atoms with Gasteiger partial charge in [0.15, 0.2) is 0 Å². The maximum absolute atomic E-state index is 12.6. The van der Waals surface area contributed by atoms with Gasteiger partial charge in [-0.2, -0.15) is 0 Å². The van der Waals surface area contributed by atoms with Crippen molar-refractivity contribution in [2.24, 2.45) is 0 Å². The van der Waals surface area contributed by atoms with Crippen LogP contribution in [-0.2, 0) is 4.74 Å². The molecule has 5 heteroatoms. The van der Waals surface area contributed by atoms with Crippen molar-refractivity contribution in [3.05, 3.63) is 58.1 Å². The van der Waals surface area contributed by atoms with E-state index < -0.39 is 5.97 Å². The molecule has 0 amide bonds. The minimum atomic E-state index is -0.505. The summed E-state index contributed by atoms with van der Waals surface area (Å²) in [6.45, 7) is 8.00. The second kappa shape index (κ2) is 24.4. The van der Waals surface area contributed by atoms with Crippen LogP contribution in [0.25, 0.3) is 0 Å². The Morgan fingerprint density at radius 3 is 1.33 bits per heavy atom. The molecule has 0 aromatic heterocycles. The predicted octanol–water partition coefficient (Wildman–Crippen LogP) is 12.3. The SMILES string of the molecule is CCCCCCCCCCCCCCCCCCCCCCCCOC(=O)c1ccc(OC(=O)c2cc(C)c(O)c(C)c2)c(C)c1. The zero-order chi connectivity index (χ0) is 33.4. The lowest BCUT2D eigenvalue weighted by Crippen LogP contribution is -2.11. The largest absolute Gasteiger partial charge is 0.507 e. The number of carbonyl (C=O) groups excluding carboxylic acids is 2. The molecule has 46 heavy (non-hydrogen) atoms. The fraction of sp³-hybridized carbons (Fsp3) is 0.659. The van der Waals surface area contributed by atoms with Crippen molar-refractivity contribution in [2.45, 2.75) is 169 Å². The van der Waals surface area contributed by atoms with Crippen molar-refractivity contribution < 1.29 is 24.2 Å². The average Bonchev–Trinajstić information content (AvgIpc) is 3.04. The van der Waals surface area contributed by atoms with Gasteiger partial charge in [0, 0.05) is 0 Å². The molecule has 2 rings (SSSR count). The van der Waals surface area contributed by atoms with E-state index >= 15 is 0 Å². The fourth-order valence-electron chi connectivity index (χ4n) is 6.08. The summed E-state index contributed by atoms with van der Waals surface area (Å²) in [5.41, 5.74) is 2.74. The second-order valence-electron chi connectivity index (χ2n) is 13.4. The monoisotopic (exact) mass is 636 g/mol. The van der Waals surface area contributed by atoms with Gasteiger partial charge in [-0.3, -0.25) is 0 Å². The highest BCUT2D eigenvalue weighted by Crippen LogP contribution is 2.25. The van der Waals surface area contributed by atoms with Gasteiger partial charge in [-0.15, -0.1) is 0 Å². The molecule has 0 unspecified atom stereocenters. The number of aromatic hydroxyl groups is 1. The summed E-state index contributed by atoms with van der Waals surface area (Å²) in [4.78, 5) is 25.1. The Morgan fingerprint density at radius 1 is 0.522 bits per heavy atom. The molecular weight excluding hydrogens is 572 g/mol. The van der Waals surface area contributed by atoms with E-state index in [0.29, 0.717) is 40.2 Å². The minimum absolute atomic E-state index is 0.177. The number of phenols is 1. The number of aryl methyl sites for hydroxylation is 3. The molecule has 0 saturated heterocycles. The third-order valence-electron chi connectivity index (χ3n) is 9.07. The molecular formula is C41H64O5. The number of hydrogen-bond acceptors (Lipinski definition) is 5. The van der Waals surface area contributed by atoms with Crippen LogP contribution in [0.4, 0.5) is 0 Å². The lowest BCUT2D eigenvalue weighted by atomic mass is 10.0. The van der Waals surface area contributed by atoms with Crippen LogP contribution in [0.3, 0.4) is 0 Å². The first-order chi connectivity index (χ1) is 22.3. The van der Waals surface area contributed by atoms with Gasteiger partial charge >= 0.3 is 11.9 Å². The van der Waals surface area contributed by atoms with E-state index in [4.69, 9.17) is 9.47 Å². The molecule has 5 nitrogen and oxygen atoms in total. The van der Waals surface area contributed by atoms with Crippen LogP contribution in [0.1, 0.15) is 186 Å². The average molecular weight is 637 g/mol. The third kappa shape index (κ3) is 16.7. The second-order valence-corrected chi connectivity index (χ2v) is 13.4. The summed E-state index contributed by atoms with van der Waals surface area (Å²) in [6, 6.07) is 8.16. The van der Waals surface area contributed by atoms with Crippen LogP contribution in [0.2, 0.25) is 0 Å². The van der Waals surface area contributed by atoms with Crippen molar-refractivity contribution in [3.63, 3.8) is 0 Å². The first-order valence-electron chi connectivity index (χ1n) is 18.6. The van der Waals surface area contributed by atoms with Gasteiger partial charge in [0.25, 0.3) is 0 Å². The van der Waals surface area contributed by atoms with Crippen molar-refractivity contribution in [2.75, 3.05) is 6.61 Å².